The first kappa shape index (κ1) is 28.4. The fraction of sp³-hybridized carbons (Fsp3) is 0.593. The lowest BCUT2D eigenvalue weighted by Gasteiger charge is -2.34. The van der Waals surface area contributed by atoms with Gasteiger partial charge in [0.2, 0.25) is 15.9 Å². The molecule has 0 unspecified atom stereocenters. The van der Waals surface area contributed by atoms with Crippen LogP contribution in [0.4, 0.5) is 14.5 Å². The third-order valence-electron chi connectivity index (χ3n) is 8.07. The molecule has 0 aromatic heterocycles. The normalized spacial score (nSPS) is 23.6. The van der Waals surface area contributed by atoms with Gasteiger partial charge >= 0.3 is 0 Å². The quantitative estimate of drug-likeness (QED) is 0.507. The van der Waals surface area contributed by atoms with Crippen LogP contribution in [0.3, 0.4) is 0 Å². The third kappa shape index (κ3) is 6.66. The van der Waals surface area contributed by atoms with Gasteiger partial charge in [0.1, 0.15) is 11.4 Å². The highest BCUT2D eigenvalue weighted by Crippen LogP contribution is 2.37. The standard InChI is InChI=1S/C27H36F2N4O4S/c1-18-17-23(30-19(2)34)9-8-21(18)11-16-38(36,37)33-14-12-27(13-15-33)26(35)31-25(32-27)22-6-3-20(4-7-22)5-10-24(28)29/h8-10,17,20,22H,3-7,11-16H2,1-2H3,(H,30,34)(H,31,32,35)/t20-,22+. The Morgan fingerprint density at radius 2 is 1.89 bits per heavy atom. The number of nitrogens with zero attached hydrogens (tertiary/aromatic N) is 2. The van der Waals surface area contributed by atoms with Gasteiger partial charge in [-0.1, -0.05) is 6.07 Å². The number of benzene rings is 1. The van der Waals surface area contributed by atoms with Crippen LogP contribution in [0.15, 0.2) is 35.3 Å². The molecule has 2 N–H and O–H groups in total. The van der Waals surface area contributed by atoms with Crippen molar-refractivity contribution in [1.29, 1.82) is 0 Å². The first-order valence-corrected chi connectivity index (χ1v) is 14.9. The van der Waals surface area contributed by atoms with E-state index in [2.05, 4.69) is 10.6 Å². The average Bonchev–Trinajstić information content (AvgIpc) is 3.17. The molecule has 208 valence electrons. The number of hydrogen-bond donors (Lipinski definition) is 2. The zero-order chi connectivity index (χ0) is 27.5. The molecule has 1 aliphatic carbocycles. The topological polar surface area (TPSA) is 108 Å². The number of nitrogens with one attached hydrogen (secondary N) is 2. The Balaban J connectivity index is 1.31. The number of carbonyl (C=O) groups is 2. The Kier molecular flexibility index (Phi) is 8.66. The van der Waals surface area contributed by atoms with Crippen LogP contribution in [-0.2, 0) is 26.0 Å². The number of piperidine rings is 1. The van der Waals surface area contributed by atoms with Gasteiger partial charge in [-0.15, -0.1) is 0 Å². The van der Waals surface area contributed by atoms with E-state index in [1.807, 2.05) is 19.1 Å². The monoisotopic (exact) mass is 550 g/mol. The lowest BCUT2D eigenvalue weighted by molar-refractivity contribution is -0.125. The highest BCUT2D eigenvalue weighted by Gasteiger charge is 2.48. The lowest BCUT2D eigenvalue weighted by Crippen LogP contribution is -2.51. The summed E-state index contributed by atoms with van der Waals surface area (Å²) < 4.78 is 52.4. The molecule has 2 heterocycles. The molecule has 2 amide bonds. The Morgan fingerprint density at radius 1 is 1.21 bits per heavy atom. The Morgan fingerprint density at radius 3 is 2.50 bits per heavy atom. The number of carbonyl (C=O) groups excluding carboxylic acids is 2. The summed E-state index contributed by atoms with van der Waals surface area (Å²) in [6.45, 7) is 3.80. The van der Waals surface area contributed by atoms with Crippen LogP contribution >= 0.6 is 0 Å². The van der Waals surface area contributed by atoms with E-state index in [4.69, 9.17) is 4.99 Å². The first-order valence-electron chi connectivity index (χ1n) is 13.2. The van der Waals surface area contributed by atoms with Crippen LogP contribution in [0.5, 0.6) is 0 Å². The molecule has 1 spiro atoms. The number of aliphatic imine (C=N–C) groups is 1. The predicted molar refractivity (Wildman–Crippen MR) is 142 cm³/mol. The van der Waals surface area contributed by atoms with Gasteiger partial charge in [-0.25, -0.2) is 12.7 Å². The minimum Gasteiger partial charge on any atom is -0.326 e. The summed E-state index contributed by atoms with van der Waals surface area (Å²) in [5.41, 5.74) is 1.57. The van der Waals surface area contributed by atoms with Gasteiger partial charge in [0.25, 0.3) is 12.0 Å². The average molecular weight is 551 g/mol. The molecule has 2 aliphatic heterocycles. The number of halogens is 2. The highest BCUT2D eigenvalue weighted by molar-refractivity contribution is 7.89. The van der Waals surface area contributed by atoms with Gasteiger partial charge < -0.3 is 10.6 Å². The fourth-order valence-corrected chi connectivity index (χ4v) is 7.24. The van der Waals surface area contributed by atoms with Gasteiger partial charge in [0, 0.05) is 31.6 Å². The van der Waals surface area contributed by atoms with Crippen molar-refractivity contribution in [3.63, 3.8) is 0 Å². The minimum absolute atomic E-state index is 0.0359. The second-order valence-electron chi connectivity index (χ2n) is 10.7. The van der Waals surface area contributed by atoms with E-state index in [9.17, 15) is 26.8 Å². The predicted octanol–water partition coefficient (Wildman–Crippen LogP) is 4.17. The van der Waals surface area contributed by atoms with Gasteiger partial charge in [-0.3, -0.25) is 14.6 Å². The van der Waals surface area contributed by atoms with E-state index in [-0.39, 0.29) is 42.5 Å². The first-order chi connectivity index (χ1) is 18.0. The van der Waals surface area contributed by atoms with E-state index >= 15 is 0 Å². The van der Waals surface area contributed by atoms with Crippen LogP contribution in [0.25, 0.3) is 0 Å². The molecule has 11 heteroatoms. The van der Waals surface area contributed by atoms with Crippen LogP contribution < -0.4 is 10.6 Å². The number of hydrogen-bond acceptors (Lipinski definition) is 5. The van der Waals surface area contributed by atoms with Gasteiger partial charge in [-0.05, 0) is 93.5 Å². The Hall–Kier alpha value is -2.66. The minimum atomic E-state index is -3.52. The van der Waals surface area contributed by atoms with Crippen molar-refractivity contribution in [2.45, 2.75) is 70.8 Å². The molecule has 8 nitrogen and oxygen atoms in total. The number of amides is 2. The molecular weight excluding hydrogens is 514 g/mol. The molecule has 1 saturated heterocycles. The van der Waals surface area contributed by atoms with Crippen molar-refractivity contribution in [3.8, 4) is 0 Å². The summed E-state index contributed by atoms with van der Waals surface area (Å²) in [6.07, 6.45) is 3.99. The van der Waals surface area contributed by atoms with Crippen LogP contribution in [0.2, 0.25) is 0 Å². The van der Waals surface area contributed by atoms with Gasteiger partial charge in [-0.2, -0.15) is 8.78 Å². The van der Waals surface area contributed by atoms with Crippen molar-refractivity contribution in [1.82, 2.24) is 9.62 Å². The zero-order valence-electron chi connectivity index (χ0n) is 21.9. The number of amidine groups is 1. The lowest BCUT2D eigenvalue weighted by atomic mass is 9.80. The van der Waals surface area contributed by atoms with Crippen molar-refractivity contribution in [3.05, 3.63) is 41.5 Å². The smallest absolute Gasteiger partial charge is 0.266 e. The SMILES string of the molecule is CC(=O)Nc1ccc(CCS(=O)(=O)N2CCC3(CC2)N=C([C@H]2CC[C@@H](CC=C(F)F)CC2)NC3=O)c(C)c1. The van der Waals surface area contributed by atoms with E-state index in [1.54, 1.807) is 6.07 Å². The Labute approximate surface area is 223 Å². The Bertz CT molecular complexity index is 1230. The highest BCUT2D eigenvalue weighted by atomic mass is 32.2. The molecule has 1 aromatic carbocycles. The number of sulfonamides is 1. The third-order valence-corrected chi connectivity index (χ3v) is 9.94. The van der Waals surface area contributed by atoms with E-state index < -0.39 is 21.6 Å². The van der Waals surface area contributed by atoms with E-state index in [0.717, 1.165) is 42.9 Å². The summed E-state index contributed by atoms with van der Waals surface area (Å²) in [5.74, 6) is 0.649. The summed E-state index contributed by atoms with van der Waals surface area (Å²) in [6, 6.07) is 5.43. The summed E-state index contributed by atoms with van der Waals surface area (Å²) >= 11 is 0. The fourth-order valence-electron chi connectivity index (χ4n) is 5.76. The maximum atomic E-state index is 13.1. The zero-order valence-corrected chi connectivity index (χ0v) is 22.8. The van der Waals surface area contributed by atoms with E-state index in [1.165, 1.54) is 11.2 Å². The molecule has 0 bridgehead atoms. The number of allylic oxidation sites excluding steroid dienone is 1. The van der Waals surface area contributed by atoms with Crippen molar-refractivity contribution in [2.75, 3.05) is 24.2 Å². The molecule has 1 aromatic rings. The molecular formula is C27H36F2N4O4S. The molecule has 0 radical (unpaired) electrons. The summed E-state index contributed by atoms with van der Waals surface area (Å²) in [4.78, 5) is 29.0. The van der Waals surface area contributed by atoms with Gasteiger partial charge in [0.15, 0.2) is 0 Å². The second kappa shape index (κ2) is 11.6. The largest absolute Gasteiger partial charge is 0.326 e. The van der Waals surface area contributed by atoms with Crippen molar-refractivity contribution < 1.29 is 26.8 Å². The molecule has 2 fully saturated rings. The van der Waals surface area contributed by atoms with E-state index in [0.29, 0.717) is 37.2 Å². The van der Waals surface area contributed by atoms with Gasteiger partial charge in [0.05, 0.1) is 5.75 Å². The molecule has 38 heavy (non-hydrogen) atoms. The van der Waals surface area contributed by atoms with Crippen molar-refractivity contribution in [2.24, 2.45) is 16.8 Å². The number of aryl methyl sites for hydroxylation is 2. The summed E-state index contributed by atoms with van der Waals surface area (Å²) in [7, 11) is -3.52. The molecule has 3 aliphatic rings. The molecule has 4 rings (SSSR count). The maximum absolute atomic E-state index is 13.1. The molecule has 0 atom stereocenters. The number of anilines is 1. The maximum Gasteiger partial charge on any atom is 0.266 e. The molecule has 1 saturated carbocycles. The number of rotatable bonds is 8. The van der Waals surface area contributed by atoms with Crippen molar-refractivity contribution >= 4 is 33.4 Å². The van der Waals surface area contributed by atoms with Crippen LogP contribution in [0, 0.1) is 18.8 Å². The van der Waals surface area contributed by atoms with Crippen LogP contribution in [-0.4, -0.2) is 54.8 Å². The summed E-state index contributed by atoms with van der Waals surface area (Å²) in [5, 5.41) is 5.68. The van der Waals surface area contributed by atoms with Crippen LogP contribution in [0.1, 0.15) is 63.0 Å². The second-order valence-corrected chi connectivity index (χ2v) is 12.8.